The summed E-state index contributed by atoms with van der Waals surface area (Å²) in [6.07, 6.45) is 1.40. The Bertz CT molecular complexity index is 801. The van der Waals surface area contributed by atoms with Crippen LogP contribution in [0.3, 0.4) is 0 Å². The smallest absolute Gasteiger partial charge is 0.269 e. The van der Waals surface area contributed by atoms with Crippen molar-refractivity contribution in [2.45, 2.75) is 0 Å². The lowest BCUT2D eigenvalue weighted by atomic mass is 10.2. The van der Waals surface area contributed by atoms with Gasteiger partial charge in [0.1, 0.15) is 12.1 Å². The molecule has 0 radical (unpaired) electrons. The van der Waals surface area contributed by atoms with Gasteiger partial charge in [0.05, 0.1) is 5.52 Å². The summed E-state index contributed by atoms with van der Waals surface area (Å²) in [5, 5.41) is 0.777. The molecular formula is C15H11FN4O. The van der Waals surface area contributed by atoms with E-state index in [1.165, 1.54) is 24.5 Å². The number of anilines is 1. The zero-order valence-corrected chi connectivity index (χ0v) is 10.9. The fourth-order valence-electron chi connectivity index (χ4n) is 1.92. The van der Waals surface area contributed by atoms with E-state index in [1.54, 1.807) is 0 Å². The van der Waals surface area contributed by atoms with Gasteiger partial charge in [-0.2, -0.15) is 0 Å². The third-order valence-electron chi connectivity index (χ3n) is 2.92. The number of nitrogens with zero attached hydrogens (tertiary/aromatic N) is 2. The van der Waals surface area contributed by atoms with Gasteiger partial charge in [-0.15, -0.1) is 0 Å². The summed E-state index contributed by atoms with van der Waals surface area (Å²) >= 11 is 0. The van der Waals surface area contributed by atoms with Crippen LogP contribution in [-0.2, 0) is 0 Å². The van der Waals surface area contributed by atoms with E-state index in [0.717, 1.165) is 17.0 Å². The van der Waals surface area contributed by atoms with E-state index in [0.29, 0.717) is 5.82 Å². The summed E-state index contributed by atoms with van der Waals surface area (Å²) in [7, 11) is 0. The summed E-state index contributed by atoms with van der Waals surface area (Å²) in [5.41, 5.74) is 6.20. The Hall–Kier alpha value is -3.02. The predicted octanol–water partition coefficient (Wildman–Crippen LogP) is 2.53. The maximum atomic E-state index is 13.1. The van der Waals surface area contributed by atoms with E-state index in [1.807, 2.05) is 24.3 Å². The fraction of sp³-hybridized carbons (Fsp3) is 0. The minimum atomic E-state index is -0.463. The van der Waals surface area contributed by atoms with E-state index >= 15 is 0 Å². The van der Waals surface area contributed by atoms with E-state index in [9.17, 15) is 9.18 Å². The van der Waals surface area contributed by atoms with Crippen LogP contribution >= 0.6 is 0 Å². The molecule has 2 N–H and O–H groups in total. The molecule has 0 aliphatic rings. The highest BCUT2D eigenvalue weighted by Crippen LogP contribution is 2.17. The van der Waals surface area contributed by atoms with Gasteiger partial charge < -0.3 is 0 Å². The average Bonchev–Trinajstić information content (AvgIpc) is 2.52. The lowest BCUT2D eigenvalue weighted by Gasteiger charge is -2.09. The summed E-state index contributed by atoms with van der Waals surface area (Å²) in [4.78, 5) is 20.1. The number of aromatic nitrogens is 2. The second-order valence-corrected chi connectivity index (χ2v) is 4.33. The molecule has 3 aromatic rings. The number of carbonyl (C=O) groups excluding carboxylic acids is 1. The third-order valence-corrected chi connectivity index (χ3v) is 2.92. The Morgan fingerprint density at radius 1 is 1.05 bits per heavy atom. The molecule has 0 saturated carbocycles. The van der Waals surface area contributed by atoms with E-state index < -0.39 is 11.7 Å². The molecule has 0 unspecified atom stereocenters. The Morgan fingerprint density at radius 3 is 2.76 bits per heavy atom. The number of benzene rings is 2. The fourth-order valence-corrected chi connectivity index (χ4v) is 1.92. The molecule has 1 aromatic heterocycles. The van der Waals surface area contributed by atoms with Crippen LogP contribution in [0.25, 0.3) is 10.9 Å². The van der Waals surface area contributed by atoms with Crippen LogP contribution in [0.15, 0.2) is 54.9 Å². The Morgan fingerprint density at radius 2 is 1.90 bits per heavy atom. The van der Waals surface area contributed by atoms with Gasteiger partial charge in [-0.05, 0) is 30.3 Å². The average molecular weight is 282 g/mol. The minimum Gasteiger partial charge on any atom is -0.281 e. The Kier molecular flexibility index (Phi) is 3.42. The van der Waals surface area contributed by atoms with Crippen LogP contribution in [-0.4, -0.2) is 15.9 Å². The predicted molar refractivity (Wildman–Crippen MR) is 77.0 cm³/mol. The van der Waals surface area contributed by atoms with Crippen molar-refractivity contribution in [1.29, 1.82) is 0 Å². The van der Waals surface area contributed by atoms with Gasteiger partial charge in [-0.1, -0.05) is 18.2 Å². The largest absolute Gasteiger partial charge is 0.281 e. The first kappa shape index (κ1) is 13.0. The highest BCUT2D eigenvalue weighted by molar-refractivity contribution is 5.96. The number of nitrogens with one attached hydrogen (secondary N) is 2. The van der Waals surface area contributed by atoms with Crippen LogP contribution in [0.1, 0.15) is 10.4 Å². The van der Waals surface area contributed by atoms with Crippen molar-refractivity contribution in [3.63, 3.8) is 0 Å². The van der Waals surface area contributed by atoms with Gasteiger partial charge in [-0.3, -0.25) is 15.6 Å². The molecule has 0 atom stereocenters. The second kappa shape index (κ2) is 5.54. The van der Waals surface area contributed by atoms with Crippen molar-refractivity contribution in [2.75, 3.05) is 5.43 Å². The van der Waals surface area contributed by atoms with Gasteiger partial charge in [0.25, 0.3) is 5.91 Å². The van der Waals surface area contributed by atoms with Crippen LogP contribution in [0, 0.1) is 5.82 Å². The number of hydrazine groups is 1. The lowest BCUT2D eigenvalue weighted by Crippen LogP contribution is -2.30. The van der Waals surface area contributed by atoms with Crippen molar-refractivity contribution in [3.05, 3.63) is 66.2 Å². The van der Waals surface area contributed by atoms with Crippen molar-refractivity contribution in [2.24, 2.45) is 0 Å². The van der Waals surface area contributed by atoms with E-state index in [4.69, 9.17) is 0 Å². The number of hydrogen-bond donors (Lipinski definition) is 2. The molecule has 1 heterocycles. The number of amides is 1. The highest BCUT2D eigenvalue weighted by atomic mass is 19.1. The summed E-state index contributed by atoms with van der Waals surface area (Å²) in [6, 6.07) is 12.8. The van der Waals surface area contributed by atoms with Crippen molar-refractivity contribution >= 4 is 22.6 Å². The first-order valence-corrected chi connectivity index (χ1v) is 6.26. The summed E-state index contributed by atoms with van der Waals surface area (Å²) < 4.78 is 13.1. The molecule has 2 aromatic carbocycles. The number of rotatable bonds is 3. The van der Waals surface area contributed by atoms with Crippen molar-refractivity contribution in [1.82, 2.24) is 15.4 Å². The SMILES string of the molecule is O=C(NNc1ncnc2ccccc12)c1cccc(F)c1. The molecule has 0 fully saturated rings. The van der Waals surface area contributed by atoms with Gasteiger partial charge in [-0.25, -0.2) is 14.4 Å². The van der Waals surface area contributed by atoms with Crippen molar-refractivity contribution in [3.8, 4) is 0 Å². The number of halogens is 1. The molecule has 1 amide bonds. The summed E-state index contributed by atoms with van der Waals surface area (Å²) in [6.45, 7) is 0. The highest BCUT2D eigenvalue weighted by Gasteiger charge is 2.07. The van der Waals surface area contributed by atoms with Gasteiger partial charge in [0.2, 0.25) is 0 Å². The Labute approximate surface area is 119 Å². The van der Waals surface area contributed by atoms with Crippen LogP contribution < -0.4 is 10.9 Å². The molecule has 3 rings (SSSR count). The van der Waals surface area contributed by atoms with Crippen LogP contribution in [0.4, 0.5) is 10.2 Å². The molecule has 0 aliphatic carbocycles. The lowest BCUT2D eigenvalue weighted by molar-refractivity contribution is 0.0962. The number of hydrogen-bond acceptors (Lipinski definition) is 4. The van der Waals surface area contributed by atoms with E-state index in [-0.39, 0.29) is 5.56 Å². The maximum Gasteiger partial charge on any atom is 0.269 e. The van der Waals surface area contributed by atoms with Gasteiger partial charge in [0, 0.05) is 10.9 Å². The molecule has 0 spiro atoms. The molecule has 21 heavy (non-hydrogen) atoms. The third kappa shape index (κ3) is 2.79. The zero-order valence-electron chi connectivity index (χ0n) is 10.9. The van der Waals surface area contributed by atoms with Crippen LogP contribution in [0.2, 0.25) is 0 Å². The van der Waals surface area contributed by atoms with E-state index in [2.05, 4.69) is 20.8 Å². The molecule has 0 aliphatic heterocycles. The number of fused-ring (bicyclic) bond motifs is 1. The normalized spacial score (nSPS) is 10.3. The Balaban J connectivity index is 1.79. The zero-order chi connectivity index (χ0) is 14.7. The molecule has 0 saturated heterocycles. The monoisotopic (exact) mass is 282 g/mol. The standard InChI is InChI=1S/C15H11FN4O/c16-11-5-3-4-10(8-11)15(21)20-19-14-12-6-1-2-7-13(12)17-9-18-14/h1-9H,(H,20,21)(H,17,18,19). The van der Waals surface area contributed by atoms with Crippen molar-refractivity contribution < 1.29 is 9.18 Å². The summed E-state index contributed by atoms with van der Waals surface area (Å²) in [5.74, 6) is -0.433. The molecule has 104 valence electrons. The quantitative estimate of drug-likeness (QED) is 0.724. The molecule has 0 bridgehead atoms. The first-order valence-electron chi connectivity index (χ1n) is 6.26. The number of carbonyl (C=O) groups is 1. The van der Waals surface area contributed by atoms with Gasteiger partial charge in [0.15, 0.2) is 5.82 Å². The number of para-hydroxylation sites is 1. The second-order valence-electron chi connectivity index (χ2n) is 4.33. The van der Waals surface area contributed by atoms with Crippen LogP contribution in [0.5, 0.6) is 0 Å². The molecular weight excluding hydrogens is 271 g/mol. The van der Waals surface area contributed by atoms with Gasteiger partial charge >= 0.3 is 0 Å². The minimum absolute atomic E-state index is 0.223. The topological polar surface area (TPSA) is 66.9 Å². The molecule has 6 heteroatoms. The first-order chi connectivity index (χ1) is 10.2. The maximum absolute atomic E-state index is 13.1. The molecule has 5 nitrogen and oxygen atoms in total.